The molecule has 0 aromatic heterocycles. The third kappa shape index (κ3) is 4.82. The summed E-state index contributed by atoms with van der Waals surface area (Å²) >= 11 is 0. The number of hydrogen-bond donors (Lipinski definition) is 0. The molecule has 0 unspecified atom stereocenters. The zero-order chi connectivity index (χ0) is 23.3. The van der Waals surface area contributed by atoms with Crippen molar-refractivity contribution < 1.29 is 28.6 Å². The molecule has 0 radical (unpaired) electrons. The smallest absolute Gasteiger partial charge is 0.411 e. The maximum Gasteiger partial charge on any atom is 0.411 e. The minimum absolute atomic E-state index is 0.0457. The van der Waals surface area contributed by atoms with E-state index in [-0.39, 0.29) is 24.9 Å². The molecule has 1 heterocycles. The Morgan fingerprint density at radius 2 is 1.87 bits per heavy atom. The van der Waals surface area contributed by atoms with Crippen molar-refractivity contribution in [2.75, 3.05) is 20.3 Å². The lowest BCUT2D eigenvalue weighted by Gasteiger charge is -2.34. The molecule has 170 valence electrons. The molecule has 0 aliphatic carbocycles. The van der Waals surface area contributed by atoms with Crippen molar-refractivity contribution in [1.82, 2.24) is 4.90 Å². The van der Waals surface area contributed by atoms with Crippen LogP contribution in [0.15, 0.2) is 36.9 Å². The molecule has 1 aliphatic rings. The third-order valence-corrected chi connectivity index (χ3v) is 5.72. The number of nitrogens with zero attached hydrogens (tertiary/aromatic N) is 1. The Morgan fingerprint density at radius 3 is 2.42 bits per heavy atom. The van der Waals surface area contributed by atoms with E-state index in [9.17, 15) is 14.4 Å². The van der Waals surface area contributed by atoms with E-state index in [0.29, 0.717) is 5.56 Å². The van der Waals surface area contributed by atoms with Gasteiger partial charge in [0.15, 0.2) is 5.78 Å². The molecule has 1 amide bonds. The lowest BCUT2D eigenvalue weighted by Crippen LogP contribution is -2.51. The van der Waals surface area contributed by atoms with Gasteiger partial charge in [-0.1, -0.05) is 50.8 Å². The van der Waals surface area contributed by atoms with Gasteiger partial charge in [-0.25, -0.2) is 9.59 Å². The number of ether oxygens (including phenoxy) is 3. The molecule has 1 aromatic carbocycles. The van der Waals surface area contributed by atoms with Gasteiger partial charge in [0.1, 0.15) is 18.7 Å². The molecule has 0 N–H and O–H groups in total. The molecule has 1 saturated heterocycles. The summed E-state index contributed by atoms with van der Waals surface area (Å²) in [5, 5.41) is 0. The average molecular weight is 432 g/mol. The SMILES string of the molecule is C=CCOC(=O)N1[C@@H](c2ccccc2C(C)C)C(=O)[C@H](C(C)(C)OC)[C@H]1C(=O)OCC. The van der Waals surface area contributed by atoms with Gasteiger partial charge in [-0.3, -0.25) is 9.69 Å². The van der Waals surface area contributed by atoms with Crippen LogP contribution in [0.1, 0.15) is 57.7 Å². The first-order valence-corrected chi connectivity index (χ1v) is 10.5. The zero-order valence-corrected chi connectivity index (χ0v) is 19.2. The summed E-state index contributed by atoms with van der Waals surface area (Å²) < 4.78 is 16.2. The van der Waals surface area contributed by atoms with Gasteiger partial charge in [0.25, 0.3) is 0 Å². The lowest BCUT2D eigenvalue weighted by atomic mass is 9.81. The first kappa shape index (κ1) is 24.6. The molecule has 0 spiro atoms. The number of carbonyl (C=O) groups excluding carboxylic acids is 3. The van der Waals surface area contributed by atoms with Gasteiger partial charge in [-0.05, 0) is 37.8 Å². The molecule has 1 aliphatic heterocycles. The Hall–Kier alpha value is -2.67. The average Bonchev–Trinajstić information content (AvgIpc) is 3.05. The Balaban J connectivity index is 2.74. The van der Waals surface area contributed by atoms with Crippen molar-refractivity contribution in [3.63, 3.8) is 0 Å². The number of likely N-dealkylation sites (tertiary alicyclic amines) is 1. The van der Waals surface area contributed by atoms with Crippen molar-refractivity contribution in [3.05, 3.63) is 48.0 Å². The van der Waals surface area contributed by atoms with Gasteiger partial charge in [0.2, 0.25) is 0 Å². The fourth-order valence-corrected chi connectivity index (χ4v) is 4.12. The minimum atomic E-state index is -1.18. The molecule has 7 heteroatoms. The van der Waals surface area contributed by atoms with E-state index in [1.807, 2.05) is 38.1 Å². The molecule has 0 saturated carbocycles. The van der Waals surface area contributed by atoms with Gasteiger partial charge in [0.05, 0.1) is 18.1 Å². The monoisotopic (exact) mass is 431 g/mol. The second-order valence-electron chi connectivity index (χ2n) is 8.34. The van der Waals surface area contributed by atoms with E-state index in [1.54, 1.807) is 20.8 Å². The summed E-state index contributed by atoms with van der Waals surface area (Å²) in [5.74, 6) is -1.77. The standard InChI is InChI=1S/C24H33NO6/c1-8-14-31-23(28)25-19(17-13-11-10-12-16(17)15(3)4)21(26)18(24(5,6)29-7)20(25)22(27)30-9-2/h8,10-13,15,18-20H,1,9,14H2,2-7H3/t18-,19+,20+/m1/s1. The van der Waals surface area contributed by atoms with Gasteiger partial charge >= 0.3 is 12.1 Å². The van der Waals surface area contributed by atoms with Crippen LogP contribution in [-0.4, -0.2) is 54.7 Å². The van der Waals surface area contributed by atoms with E-state index in [0.717, 1.165) is 5.56 Å². The van der Waals surface area contributed by atoms with Crippen LogP contribution in [-0.2, 0) is 23.8 Å². The topological polar surface area (TPSA) is 82.1 Å². The maximum absolute atomic E-state index is 13.8. The van der Waals surface area contributed by atoms with Gasteiger partial charge in [-0.15, -0.1) is 0 Å². The highest BCUT2D eigenvalue weighted by Crippen LogP contribution is 2.45. The molecule has 0 bridgehead atoms. The number of Topliss-reactive ketones (excluding diaryl/α,β-unsaturated/α-hetero) is 1. The molecule has 2 rings (SSSR count). The van der Waals surface area contributed by atoms with Gasteiger partial charge < -0.3 is 14.2 Å². The summed E-state index contributed by atoms with van der Waals surface area (Å²) in [6, 6.07) is 5.27. The molecular weight excluding hydrogens is 398 g/mol. The molecule has 31 heavy (non-hydrogen) atoms. The van der Waals surface area contributed by atoms with Crippen LogP contribution in [0.25, 0.3) is 0 Å². The highest BCUT2D eigenvalue weighted by atomic mass is 16.6. The molecule has 3 atom stereocenters. The van der Waals surface area contributed by atoms with Crippen LogP contribution < -0.4 is 0 Å². The van der Waals surface area contributed by atoms with E-state index >= 15 is 0 Å². The number of hydrogen-bond acceptors (Lipinski definition) is 6. The van der Waals surface area contributed by atoms with Crippen molar-refractivity contribution in [3.8, 4) is 0 Å². The Kier molecular flexibility index (Phi) is 8.01. The Morgan fingerprint density at radius 1 is 1.23 bits per heavy atom. The number of rotatable bonds is 8. The maximum atomic E-state index is 13.8. The number of ketones is 1. The van der Waals surface area contributed by atoms with Gasteiger partial charge in [-0.2, -0.15) is 0 Å². The summed E-state index contributed by atoms with van der Waals surface area (Å²) in [7, 11) is 1.48. The van der Waals surface area contributed by atoms with E-state index in [4.69, 9.17) is 14.2 Å². The first-order chi connectivity index (χ1) is 14.6. The number of methoxy groups -OCH3 is 1. The molecule has 1 fully saturated rings. The molecule has 1 aromatic rings. The van der Waals surface area contributed by atoms with E-state index in [2.05, 4.69) is 6.58 Å². The second-order valence-corrected chi connectivity index (χ2v) is 8.34. The van der Waals surface area contributed by atoms with Crippen LogP contribution in [0.4, 0.5) is 4.79 Å². The number of amides is 1. The van der Waals surface area contributed by atoms with Gasteiger partial charge in [0, 0.05) is 7.11 Å². The van der Waals surface area contributed by atoms with E-state index < -0.39 is 35.7 Å². The van der Waals surface area contributed by atoms with Crippen LogP contribution in [0, 0.1) is 5.92 Å². The van der Waals surface area contributed by atoms with Crippen LogP contribution in [0.5, 0.6) is 0 Å². The van der Waals surface area contributed by atoms with E-state index in [1.165, 1.54) is 18.1 Å². The fraction of sp³-hybridized carbons (Fsp3) is 0.542. The van der Waals surface area contributed by atoms with Crippen molar-refractivity contribution >= 4 is 17.8 Å². The highest BCUT2D eigenvalue weighted by molar-refractivity contribution is 6.01. The minimum Gasteiger partial charge on any atom is -0.464 e. The zero-order valence-electron chi connectivity index (χ0n) is 19.2. The predicted octanol–water partition coefficient (Wildman–Crippen LogP) is 4.03. The quantitative estimate of drug-likeness (QED) is 0.457. The number of benzene rings is 1. The van der Waals surface area contributed by atoms with Crippen molar-refractivity contribution in [2.24, 2.45) is 5.92 Å². The highest BCUT2D eigenvalue weighted by Gasteiger charge is 2.60. The number of esters is 1. The largest absolute Gasteiger partial charge is 0.464 e. The fourth-order valence-electron chi connectivity index (χ4n) is 4.12. The number of carbonyl (C=O) groups is 3. The van der Waals surface area contributed by atoms with Crippen LogP contribution in [0.2, 0.25) is 0 Å². The van der Waals surface area contributed by atoms with Crippen LogP contribution in [0.3, 0.4) is 0 Å². The summed E-state index contributed by atoms with van der Waals surface area (Å²) in [6.45, 7) is 12.8. The van der Waals surface area contributed by atoms with Crippen LogP contribution >= 0.6 is 0 Å². The predicted molar refractivity (Wildman–Crippen MR) is 117 cm³/mol. The Bertz CT molecular complexity index is 831. The summed E-state index contributed by atoms with van der Waals surface area (Å²) in [4.78, 5) is 41.3. The van der Waals surface area contributed by atoms with Crippen molar-refractivity contribution in [1.29, 1.82) is 0 Å². The normalized spacial score (nSPS) is 21.3. The third-order valence-electron chi connectivity index (χ3n) is 5.72. The molecular formula is C24H33NO6. The first-order valence-electron chi connectivity index (χ1n) is 10.5. The summed E-state index contributed by atoms with van der Waals surface area (Å²) in [6.07, 6.45) is 0.660. The summed E-state index contributed by atoms with van der Waals surface area (Å²) in [5.41, 5.74) is 0.565. The second kappa shape index (κ2) is 10.1. The molecule has 7 nitrogen and oxygen atoms in total. The Labute approximate surface area is 184 Å². The lowest BCUT2D eigenvalue weighted by molar-refractivity contribution is -0.155. The van der Waals surface area contributed by atoms with Crippen molar-refractivity contribution in [2.45, 2.75) is 58.2 Å².